The van der Waals surface area contributed by atoms with Crippen molar-refractivity contribution in [3.63, 3.8) is 0 Å². The van der Waals surface area contributed by atoms with E-state index < -0.39 is 5.97 Å². The molecule has 1 saturated heterocycles. The van der Waals surface area contributed by atoms with E-state index in [4.69, 9.17) is 5.11 Å². The molecule has 0 aromatic carbocycles. The molecule has 1 heterocycles. The molecule has 1 saturated carbocycles. The van der Waals surface area contributed by atoms with Crippen LogP contribution in [0.15, 0.2) is 0 Å². The van der Waals surface area contributed by atoms with E-state index in [1.165, 1.54) is 0 Å². The molecule has 6 nitrogen and oxygen atoms in total. The van der Waals surface area contributed by atoms with Gasteiger partial charge in [0.05, 0.1) is 6.42 Å². The second kappa shape index (κ2) is 6.23. The third-order valence-electron chi connectivity index (χ3n) is 3.89. The maximum absolute atomic E-state index is 12.4. The Morgan fingerprint density at radius 2 is 1.84 bits per heavy atom. The largest absolute Gasteiger partial charge is 0.481 e. The first-order valence-electron chi connectivity index (χ1n) is 7.11. The molecule has 0 bridgehead atoms. The van der Waals surface area contributed by atoms with E-state index >= 15 is 0 Å². The minimum atomic E-state index is -0.839. The summed E-state index contributed by atoms with van der Waals surface area (Å²) in [4.78, 5) is 29.0. The number of carbonyl (C=O) groups is 2. The summed E-state index contributed by atoms with van der Waals surface area (Å²) in [6, 6.07) is 0.301. The number of carbonyl (C=O) groups excluding carboxylic acids is 1. The number of aliphatic carboxylic acids is 1. The molecule has 2 amide bonds. The molecule has 1 N–H and O–H groups in total. The molecule has 2 rings (SSSR count). The first-order chi connectivity index (χ1) is 9.11. The van der Waals surface area contributed by atoms with E-state index in [0.717, 1.165) is 45.6 Å². The summed E-state index contributed by atoms with van der Waals surface area (Å²) < 4.78 is 0. The summed E-state index contributed by atoms with van der Waals surface area (Å²) in [5.74, 6) is -0.839. The number of hydrogen-bond donors (Lipinski definition) is 1. The minimum Gasteiger partial charge on any atom is -0.481 e. The van der Waals surface area contributed by atoms with Crippen molar-refractivity contribution in [2.24, 2.45) is 0 Å². The standard InChI is InChI=1S/C13H23N3O3/c1-2-14-7-9-15(10-8-14)13(19)16(11-3-4-11)6-5-12(17)18/h11H,2-10H2,1H3,(H,17,18). The highest BCUT2D eigenvalue weighted by molar-refractivity contribution is 5.76. The van der Waals surface area contributed by atoms with Crippen LogP contribution < -0.4 is 0 Å². The topological polar surface area (TPSA) is 64.1 Å². The Hall–Kier alpha value is -1.30. The molecular formula is C13H23N3O3. The molecule has 2 aliphatic rings. The van der Waals surface area contributed by atoms with Crippen LogP contribution >= 0.6 is 0 Å². The van der Waals surface area contributed by atoms with E-state index in [1.807, 2.05) is 4.90 Å². The van der Waals surface area contributed by atoms with Crippen molar-refractivity contribution >= 4 is 12.0 Å². The number of nitrogens with zero attached hydrogens (tertiary/aromatic N) is 3. The van der Waals surface area contributed by atoms with Crippen molar-refractivity contribution in [1.29, 1.82) is 0 Å². The van der Waals surface area contributed by atoms with Crippen LogP contribution in [0.3, 0.4) is 0 Å². The quantitative estimate of drug-likeness (QED) is 0.797. The Kier molecular flexibility index (Phi) is 4.63. The molecule has 0 unspecified atom stereocenters. The first-order valence-corrected chi connectivity index (χ1v) is 7.11. The van der Waals surface area contributed by atoms with Gasteiger partial charge in [0.25, 0.3) is 0 Å². The molecule has 6 heteroatoms. The number of hydrogen-bond acceptors (Lipinski definition) is 3. The van der Waals surface area contributed by atoms with Gasteiger partial charge in [-0.1, -0.05) is 6.92 Å². The van der Waals surface area contributed by atoms with Gasteiger partial charge in [-0.05, 0) is 19.4 Å². The second-order valence-electron chi connectivity index (χ2n) is 5.27. The van der Waals surface area contributed by atoms with Gasteiger partial charge in [0.15, 0.2) is 0 Å². The fourth-order valence-corrected chi connectivity index (χ4v) is 2.47. The molecule has 0 atom stereocenters. The highest BCUT2D eigenvalue weighted by Gasteiger charge is 2.35. The van der Waals surface area contributed by atoms with Gasteiger partial charge < -0.3 is 19.8 Å². The number of rotatable bonds is 5. The average molecular weight is 269 g/mol. The third-order valence-corrected chi connectivity index (χ3v) is 3.89. The van der Waals surface area contributed by atoms with Gasteiger partial charge in [-0.2, -0.15) is 0 Å². The summed E-state index contributed by atoms with van der Waals surface area (Å²) in [6.07, 6.45) is 2.07. The molecule has 108 valence electrons. The average Bonchev–Trinajstić information content (AvgIpc) is 3.23. The Bertz CT molecular complexity index is 336. The summed E-state index contributed by atoms with van der Waals surface area (Å²) in [5.41, 5.74) is 0. The maximum Gasteiger partial charge on any atom is 0.320 e. The van der Waals surface area contributed by atoms with Gasteiger partial charge >= 0.3 is 12.0 Å². The number of urea groups is 1. The van der Waals surface area contributed by atoms with Crippen LogP contribution in [0.4, 0.5) is 4.79 Å². The number of carboxylic acids is 1. The van der Waals surface area contributed by atoms with Gasteiger partial charge in [-0.15, -0.1) is 0 Å². The summed E-state index contributed by atoms with van der Waals surface area (Å²) in [7, 11) is 0. The van der Waals surface area contributed by atoms with Crippen LogP contribution in [0.5, 0.6) is 0 Å². The fraction of sp³-hybridized carbons (Fsp3) is 0.846. The molecule has 1 aliphatic heterocycles. The van der Waals surface area contributed by atoms with Crippen LogP contribution in [-0.2, 0) is 4.79 Å². The van der Waals surface area contributed by atoms with Crippen LogP contribution in [0.1, 0.15) is 26.2 Å². The van der Waals surface area contributed by atoms with E-state index in [1.54, 1.807) is 4.90 Å². The Labute approximate surface area is 114 Å². The van der Waals surface area contributed by atoms with E-state index in [2.05, 4.69) is 11.8 Å². The molecule has 1 aliphatic carbocycles. The first kappa shape index (κ1) is 14.1. The number of amides is 2. The minimum absolute atomic E-state index is 0.0273. The number of likely N-dealkylation sites (N-methyl/N-ethyl adjacent to an activating group) is 1. The van der Waals surface area contributed by atoms with Crippen LogP contribution in [0.2, 0.25) is 0 Å². The number of carboxylic acid groups (broad SMARTS) is 1. The maximum atomic E-state index is 12.4. The second-order valence-corrected chi connectivity index (χ2v) is 5.27. The highest BCUT2D eigenvalue weighted by atomic mass is 16.4. The molecule has 0 aromatic rings. The fourth-order valence-electron chi connectivity index (χ4n) is 2.47. The van der Waals surface area contributed by atoms with Crippen molar-refractivity contribution in [3.05, 3.63) is 0 Å². The van der Waals surface area contributed by atoms with E-state index in [9.17, 15) is 9.59 Å². The monoisotopic (exact) mass is 269 g/mol. The molecule has 0 spiro atoms. The van der Waals surface area contributed by atoms with Crippen LogP contribution in [0.25, 0.3) is 0 Å². The SMILES string of the molecule is CCN1CCN(C(=O)N(CCC(=O)O)C2CC2)CC1. The normalized spacial score (nSPS) is 20.4. The van der Waals surface area contributed by atoms with E-state index in [0.29, 0.717) is 6.54 Å². The molecule has 19 heavy (non-hydrogen) atoms. The van der Waals surface area contributed by atoms with Gasteiger partial charge in [0.1, 0.15) is 0 Å². The zero-order valence-corrected chi connectivity index (χ0v) is 11.5. The Morgan fingerprint density at radius 3 is 2.32 bits per heavy atom. The smallest absolute Gasteiger partial charge is 0.320 e. The van der Waals surface area contributed by atoms with Gasteiger partial charge in [-0.3, -0.25) is 4.79 Å². The Morgan fingerprint density at radius 1 is 1.21 bits per heavy atom. The molecule has 0 aromatic heterocycles. The van der Waals surface area contributed by atoms with Crippen LogP contribution in [0, 0.1) is 0 Å². The predicted molar refractivity (Wildman–Crippen MR) is 71.1 cm³/mol. The summed E-state index contributed by atoms with van der Waals surface area (Å²) >= 11 is 0. The van der Waals surface area contributed by atoms with Crippen molar-refractivity contribution in [3.8, 4) is 0 Å². The number of piperazine rings is 1. The van der Waals surface area contributed by atoms with Gasteiger partial charge in [0, 0.05) is 38.8 Å². The van der Waals surface area contributed by atoms with Crippen molar-refractivity contribution in [2.45, 2.75) is 32.2 Å². The van der Waals surface area contributed by atoms with Crippen molar-refractivity contribution < 1.29 is 14.7 Å². The van der Waals surface area contributed by atoms with Gasteiger partial charge in [-0.25, -0.2) is 4.79 Å². The molecular weight excluding hydrogens is 246 g/mol. The van der Waals surface area contributed by atoms with Crippen LogP contribution in [-0.4, -0.2) is 77.1 Å². The zero-order valence-electron chi connectivity index (χ0n) is 11.5. The summed E-state index contributed by atoms with van der Waals surface area (Å²) in [5, 5.41) is 8.77. The predicted octanol–water partition coefficient (Wildman–Crippen LogP) is 0.683. The van der Waals surface area contributed by atoms with Gasteiger partial charge in [0.2, 0.25) is 0 Å². The van der Waals surface area contributed by atoms with Crippen molar-refractivity contribution in [1.82, 2.24) is 14.7 Å². The highest BCUT2D eigenvalue weighted by Crippen LogP contribution is 2.28. The van der Waals surface area contributed by atoms with Crippen molar-refractivity contribution in [2.75, 3.05) is 39.3 Å². The van der Waals surface area contributed by atoms with E-state index in [-0.39, 0.29) is 18.5 Å². The molecule has 2 fully saturated rings. The molecule has 0 radical (unpaired) electrons. The lowest BCUT2D eigenvalue weighted by atomic mass is 10.3. The Balaban J connectivity index is 1.86. The third kappa shape index (κ3) is 3.83. The lowest BCUT2D eigenvalue weighted by molar-refractivity contribution is -0.137. The summed E-state index contributed by atoms with van der Waals surface area (Å²) in [6.45, 7) is 6.83. The lowest BCUT2D eigenvalue weighted by Crippen LogP contribution is -2.53. The lowest BCUT2D eigenvalue weighted by Gasteiger charge is -2.37. The zero-order chi connectivity index (χ0) is 13.8.